The van der Waals surface area contributed by atoms with Gasteiger partial charge >= 0.3 is 19.8 Å². The number of hydrogen-bond acceptors (Lipinski definition) is 12. The molecule has 1 saturated carbocycles. The zero-order valence-electron chi connectivity index (χ0n) is 42.8. The van der Waals surface area contributed by atoms with Crippen molar-refractivity contribution in [2.75, 3.05) is 13.2 Å². The van der Waals surface area contributed by atoms with Crippen molar-refractivity contribution >= 4 is 19.8 Å². The maximum atomic E-state index is 12.9. The highest BCUT2D eigenvalue weighted by Crippen LogP contribution is 2.47. The van der Waals surface area contributed by atoms with E-state index in [4.69, 9.17) is 18.5 Å². The summed E-state index contributed by atoms with van der Waals surface area (Å²) in [6.07, 6.45) is 42.9. The smallest absolute Gasteiger partial charge is 0.462 e. The van der Waals surface area contributed by atoms with E-state index in [1.165, 1.54) is 122 Å². The van der Waals surface area contributed by atoms with Crippen molar-refractivity contribution in [2.45, 2.75) is 262 Å². The Labute approximate surface area is 417 Å². The third-order valence-electron chi connectivity index (χ3n) is 12.4. The number of phosphoric acid groups is 1. The summed E-state index contributed by atoms with van der Waals surface area (Å²) in [4.78, 5) is 35.8. The third-order valence-corrected chi connectivity index (χ3v) is 13.4. The van der Waals surface area contributed by atoms with Gasteiger partial charge in [0.15, 0.2) is 6.10 Å². The highest BCUT2D eigenvalue weighted by Gasteiger charge is 2.51. The van der Waals surface area contributed by atoms with Gasteiger partial charge in [-0.15, -0.1) is 0 Å². The maximum absolute atomic E-state index is 12.9. The Kier molecular flexibility index (Phi) is 41.4. The Morgan fingerprint density at radius 2 is 0.826 bits per heavy atom. The average Bonchev–Trinajstić information content (AvgIpc) is 3.33. The lowest BCUT2D eigenvalue weighted by Gasteiger charge is -2.41. The van der Waals surface area contributed by atoms with Crippen molar-refractivity contribution in [1.82, 2.24) is 0 Å². The van der Waals surface area contributed by atoms with Crippen LogP contribution in [0.3, 0.4) is 0 Å². The molecule has 6 N–H and O–H groups in total. The van der Waals surface area contributed by atoms with Crippen LogP contribution in [0.15, 0.2) is 60.8 Å². The Hall–Kier alpha value is -2.45. The van der Waals surface area contributed by atoms with E-state index in [0.29, 0.717) is 19.3 Å². The van der Waals surface area contributed by atoms with Gasteiger partial charge in [0.1, 0.15) is 43.2 Å². The van der Waals surface area contributed by atoms with Gasteiger partial charge in [0.2, 0.25) is 0 Å². The number of phosphoric ester groups is 1. The van der Waals surface area contributed by atoms with Gasteiger partial charge in [-0.05, 0) is 51.4 Å². The summed E-state index contributed by atoms with van der Waals surface area (Å²) in [5, 5.41) is 50.3. The third kappa shape index (κ3) is 36.2. The second-order valence-corrected chi connectivity index (χ2v) is 20.1. The van der Waals surface area contributed by atoms with E-state index in [9.17, 15) is 44.6 Å². The highest BCUT2D eigenvalue weighted by atomic mass is 31.2. The molecule has 14 heteroatoms. The number of aliphatic hydroxyl groups is 5. The molecule has 0 aromatic carbocycles. The molecule has 0 spiro atoms. The number of unbranched alkanes of at least 4 members (excludes halogenated alkanes) is 23. The minimum absolute atomic E-state index is 0.0180. The lowest BCUT2D eigenvalue weighted by atomic mass is 9.85. The van der Waals surface area contributed by atoms with E-state index >= 15 is 0 Å². The normalized spacial score (nSPS) is 21.3. The van der Waals surface area contributed by atoms with Crippen molar-refractivity contribution in [2.24, 2.45) is 0 Å². The minimum Gasteiger partial charge on any atom is -0.462 e. The van der Waals surface area contributed by atoms with E-state index in [1.807, 2.05) is 12.2 Å². The molecule has 69 heavy (non-hydrogen) atoms. The molecule has 0 aliphatic heterocycles. The fraction of sp³-hybridized carbons (Fsp3) is 0.782. The van der Waals surface area contributed by atoms with E-state index in [0.717, 1.165) is 51.4 Å². The van der Waals surface area contributed by atoms with Crippen LogP contribution >= 0.6 is 7.82 Å². The second kappa shape index (κ2) is 44.3. The van der Waals surface area contributed by atoms with E-state index in [1.54, 1.807) is 0 Å². The van der Waals surface area contributed by atoms with Gasteiger partial charge in [0.25, 0.3) is 0 Å². The number of carbonyl (C=O) groups excluding carboxylic acids is 2. The van der Waals surface area contributed by atoms with Crippen LogP contribution in [0, 0.1) is 0 Å². The molecule has 6 unspecified atom stereocenters. The van der Waals surface area contributed by atoms with Crippen molar-refractivity contribution in [1.29, 1.82) is 0 Å². The fourth-order valence-corrected chi connectivity index (χ4v) is 9.06. The topological polar surface area (TPSA) is 210 Å². The lowest BCUT2D eigenvalue weighted by molar-refractivity contribution is -0.220. The first-order valence-corrected chi connectivity index (χ1v) is 28.6. The monoisotopic (exact) mass is 997 g/mol. The summed E-state index contributed by atoms with van der Waals surface area (Å²) in [5.74, 6) is -1.16. The molecule has 400 valence electrons. The van der Waals surface area contributed by atoms with Crippen LogP contribution in [0.2, 0.25) is 0 Å². The predicted octanol–water partition coefficient (Wildman–Crippen LogP) is 12.1. The fourth-order valence-electron chi connectivity index (χ4n) is 8.09. The molecule has 1 rings (SSSR count). The van der Waals surface area contributed by atoms with Gasteiger partial charge in [-0.2, -0.15) is 0 Å². The maximum Gasteiger partial charge on any atom is 0.472 e. The average molecular weight is 997 g/mol. The van der Waals surface area contributed by atoms with Crippen LogP contribution in [0.25, 0.3) is 0 Å². The van der Waals surface area contributed by atoms with E-state index in [2.05, 4.69) is 62.5 Å². The largest absolute Gasteiger partial charge is 0.472 e. The lowest BCUT2D eigenvalue weighted by Crippen LogP contribution is -2.64. The molecule has 0 heterocycles. The molecular formula is C55H97O13P. The molecule has 0 aromatic heterocycles. The summed E-state index contributed by atoms with van der Waals surface area (Å²) in [6.45, 7) is 3.17. The quantitative estimate of drug-likeness (QED) is 0.0145. The second-order valence-electron chi connectivity index (χ2n) is 18.7. The van der Waals surface area contributed by atoms with Gasteiger partial charge in [0, 0.05) is 12.8 Å². The number of allylic oxidation sites excluding steroid dienone is 10. The molecule has 1 fully saturated rings. The summed E-state index contributed by atoms with van der Waals surface area (Å²) < 4.78 is 33.6. The Morgan fingerprint density at radius 1 is 0.464 bits per heavy atom. The zero-order chi connectivity index (χ0) is 50.6. The molecule has 6 atom stereocenters. The molecule has 0 bridgehead atoms. The minimum atomic E-state index is -5.14. The molecule has 0 aromatic rings. The molecular weight excluding hydrogens is 900 g/mol. The first-order valence-electron chi connectivity index (χ1n) is 27.1. The number of aliphatic hydroxyl groups excluding tert-OH is 5. The predicted molar refractivity (Wildman–Crippen MR) is 276 cm³/mol. The van der Waals surface area contributed by atoms with Crippen molar-refractivity contribution in [3.05, 3.63) is 60.8 Å². The number of ether oxygens (including phenoxy) is 2. The van der Waals surface area contributed by atoms with Crippen LogP contribution in [0.1, 0.15) is 219 Å². The van der Waals surface area contributed by atoms with Gasteiger partial charge in [-0.25, -0.2) is 4.57 Å². The number of rotatable bonds is 45. The van der Waals surface area contributed by atoms with Crippen LogP contribution < -0.4 is 0 Å². The number of carbonyl (C=O) groups is 2. The van der Waals surface area contributed by atoms with Gasteiger partial charge in [-0.1, -0.05) is 216 Å². The summed E-state index contributed by atoms with van der Waals surface area (Å²) in [7, 11) is -5.14. The molecule has 0 radical (unpaired) electrons. The van der Waals surface area contributed by atoms with Gasteiger partial charge in [0.05, 0.1) is 6.61 Å². The summed E-state index contributed by atoms with van der Waals surface area (Å²) in [5.41, 5.74) is 0. The van der Waals surface area contributed by atoms with Crippen molar-refractivity contribution in [3.8, 4) is 0 Å². The number of esters is 2. The van der Waals surface area contributed by atoms with Crippen molar-refractivity contribution in [3.63, 3.8) is 0 Å². The molecule has 1 aliphatic rings. The van der Waals surface area contributed by atoms with Crippen LogP contribution in [-0.2, 0) is 32.7 Å². The first-order chi connectivity index (χ1) is 33.4. The van der Waals surface area contributed by atoms with Crippen LogP contribution in [0.4, 0.5) is 0 Å². The molecule has 1 aliphatic carbocycles. The Morgan fingerprint density at radius 3 is 1.25 bits per heavy atom. The molecule has 13 nitrogen and oxygen atoms in total. The Balaban J connectivity index is 2.37. The van der Waals surface area contributed by atoms with Gasteiger partial charge < -0.3 is 39.9 Å². The van der Waals surface area contributed by atoms with Gasteiger partial charge in [-0.3, -0.25) is 18.6 Å². The SMILES string of the molecule is CC/C=C\C/C=C\C/C=C\C/C=C\C/C=C\CCCC(=O)OC(COC(=O)CCCCCCCCCCCCCCCCCCCCCCCCC)COP(=O)(O)OC1C(O)C(O)C(O)C(O)C1O. The standard InChI is InChI=1S/C55H97O13P/c1-3-5-7-9-11-13-15-17-19-21-22-23-24-25-26-28-29-31-33-35-37-39-41-43-48(56)65-45-47(46-66-69(63,64)68-55-53(61)51(59)50(58)52(60)54(55)62)67-49(57)44-42-40-38-36-34-32-30-27-20-18-16-14-12-10-8-6-4-2/h6,8,12,14,18,20,30,32,36,38,47,50-55,58-62H,3-5,7,9-11,13,15-17,19,21-29,31,33-35,37,39-46H2,1-2H3,(H,63,64)/b8-6-,14-12-,20-18-,32-30-,38-36-. The molecule has 0 amide bonds. The van der Waals surface area contributed by atoms with Crippen LogP contribution in [-0.4, -0.2) is 98.3 Å². The van der Waals surface area contributed by atoms with Crippen LogP contribution in [0.5, 0.6) is 0 Å². The highest BCUT2D eigenvalue weighted by molar-refractivity contribution is 7.47. The molecule has 0 saturated heterocycles. The van der Waals surface area contributed by atoms with E-state index < -0.39 is 75.7 Å². The first kappa shape index (κ1) is 64.6. The summed E-state index contributed by atoms with van der Waals surface area (Å²) in [6, 6.07) is 0. The summed E-state index contributed by atoms with van der Waals surface area (Å²) >= 11 is 0. The zero-order valence-corrected chi connectivity index (χ0v) is 43.7. The van der Waals surface area contributed by atoms with Crippen molar-refractivity contribution < 1.29 is 63.1 Å². The Bertz CT molecular complexity index is 1430. The number of hydrogen-bond donors (Lipinski definition) is 6. The van der Waals surface area contributed by atoms with E-state index in [-0.39, 0.29) is 12.8 Å².